The molecule has 1 N–H and O–H groups in total. The van der Waals surface area contributed by atoms with Crippen LogP contribution in [0.3, 0.4) is 0 Å². The van der Waals surface area contributed by atoms with Crippen molar-refractivity contribution in [1.29, 1.82) is 0 Å². The molecule has 0 aromatic heterocycles. The fourth-order valence-electron chi connectivity index (χ4n) is 2.76. The maximum atomic E-state index is 12.2. The number of nitrogens with one attached hydrogen (secondary N) is 1. The predicted molar refractivity (Wildman–Crippen MR) is 84.8 cm³/mol. The first-order chi connectivity index (χ1) is 11.0. The van der Waals surface area contributed by atoms with Crippen LogP contribution in [-0.2, 0) is 19.6 Å². The van der Waals surface area contributed by atoms with Gasteiger partial charge in [-0.05, 0) is 19.1 Å². The topological polar surface area (TPSA) is 88.1 Å². The molecular weight excluding hydrogens is 318 g/mol. The number of amides is 1. The minimum atomic E-state index is -3.53. The zero-order chi connectivity index (χ0) is 16.4. The van der Waals surface area contributed by atoms with Gasteiger partial charge < -0.3 is 9.64 Å². The van der Waals surface area contributed by atoms with Gasteiger partial charge in [-0.3, -0.25) is 14.5 Å². The predicted octanol–water partition coefficient (Wildman–Crippen LogP) is 0.363. The molecule has 1 unspecified atom stereocenters. The molecule has 1 atom stereocenters. The summed E-state index contributed by atoms with van der Waals surface area (Å²) in [5.74, 6) is 0.322. The van der Waals surface area contributed by atoms with E-state index in [2.05, 4.69) is 9.71 Å². The Bertz CT molecular complexity index is 745. The number of rotatable bonds is 3. The van der Waals surface area contributed by atoms with Crippen molar-refractivity contribution in [2.24, 2.45) is 4.99 Å². The number of fused-ring (bicyclic) bond motifs is 1. The number of sulfonamides is 1. The first-order valence-electron chi connectivity index (χ1n) is 7.53. The summed E-state index contributed by atoms with van der Waals surface area (Å²) in [6.45, 7) is 3.89. The molecule has 2 aliphatic heterocycles. The van der Waals surface area contributed by atoms with Crippen molar-refractivity contribution in [2.45, 2.75) is 24.3 Å². The molecule has 0 saturated carbocycles. The zero-order valence-electron chi connectivity index (χ0n) is 12.9. The first kappa shape index (κ1) is 15.9. The van der Waals surface area contributed by atoms with E-state index in [1.807, 2.05) is 6.92 Å². The second kappa shape index (κ2) is 6.29. The molecule has 0 radical (unpaired) electrons. The number of carbonyl (C=O) groups is 1. The van der Waals surface area contributed by atoms with Gasteiger partial charge in [0.15, 0.2) is 0 Å². The summed E-state index contributed by atoms with van der Waals surface area (Å²) < 4.78 is 31.7. The van der Waals surface area contributed by atoms with Gasteiger partial charge in [0, 0.05) is 18.5 Å². The van der Waals surface area contributed by atoms with Crippen LogP contribution in [0.2, 0.25) is 0 Å². The Balaban J connectivity index is 1.66. The Hall–Kier alpha value is -1.93. The highest BCUT2D eigenvalue weighted by atomic mass is 32.2. The Morgan fingerprint density at radius 2 is 2.22 bits per heavy atom. The number of amidine groups is 1. The van der Waals surface area contributed by atoms with Crippen LogP contribution in [0.5, 0.6) is 0 Å². The normalized spacial score (nSPS) is 24.3. The van der Waals surface area contributed by atoms with E-state index in [0.29, 0.717) is 31.2 Å². The van der Waals surface area contributed by atoms with E-state index in [4.69, 9.17) is 4.74 Å². The van der Waals surface area contributed by atoms with Gasteiger partial charge in [-0.25, -0.2) is 8.42 Å². The van der Waals surface area contributed by atoms with Gasteiger partial charge in [0.05, 0.1) is 30.7 Å². The van der Waals surface area contributed by atoms with Crippen LogP contribution in [-0.4, -0.2) is 57.4 Å². The number of benzene rings is 1. The monoisotopic (exact) mass is 337 g/mol. The quantitative estimate of drug-likeness (QED) is 0.863. The lowest BCUT2D eigenvalue weighted by molar-refractivity contribution is -0.138. The number of hydrogen-bond donors (Lipinski definition) is 1. The highest BCUT2D eigenvalue weighted by molar-refractivity contribution is 7.90. The third-order valence-electron chi connectivity index (χ3n) is 3.95. The minimum absolute atomic E-state index is 0.0132. The average molecular weight is 337 g/mol. The highest BCUT2D eigenvalue weighted by Gasteiger charge is 2.30. The fraction of sp³-hybridized carbons (Fsp3) is 0.467. The Morgan fingerprint density at radius 3 is 3.00 bits per heavy atom. The molecule has 1 aromatic rings. The van der Waals surface area contributed by atoms with E-state index in [1.165, 1.54) is 0 Å². The smallest absolute Gasteiger partial charge is 0.263 e. The van der Waals surface area contributed by atoms with Crippen LogP contribution >= 0.6 is 0 Å². The Morgan fingerprint density at radius 1 is 1.43 bits per heavy atom. The fourth-order valence-corrected chi connectivity index (χ4v) is 4.01. The van der Waals surface area contributed by atoms with Crippen LogP contribution in [0, 0.1) is 0 Å². The maximum Gasteiger partial charge on any atom is 0.263 e. The molecule has 8 heteroatoms. The third-order valence-corrected chi connectivity index (χ3v) is 5.34. The number of aliphatic imine (C=N–C) groups is 1. The largest absolute Gasteiger partial charge is 0.377 e. The zero-order valence-corrected chi connectivity index (χ0v) is 13.7. The maximum absolute atomic E-state index is 12.2. The molecule has 1 fully saturated rings. The van der Waals surface area contributed by atoms with E-state index < -0.39 is 10.0 Å². The van der Waals surface area contributed by atoms with Gasteiger partial charge in [-0.1, -0.05) is 12.1 Å². The van der Waals surface area contributed by atoms with Gasteiger partial charge in [0.2, 0.25) is 5.91 Å². The third kappa shape index (κ3) is 3.23. The summed E-state index contributed by atoms with van der Waals surface area (Å²) in [6.07, 6.45) is 0.248. The summed E-state index contributed by atoms with van der Waals surface area (Å²) in [7, 11) is -3.53. The van der Waals surface area contributed by atoms with Gasteiger partial charge in [-0.15, -0.1) is 0 Å². The molecule has 1 amide bonds. The van der Waals surface area contributed by atoms with Gasteiger partial charge in [-0.2, -0.15) is 0 Å². The molecular formula is C15H19N3O4S. The summed E-state index contributed by atoms with van der Waals surface area (Å²) in [5, 5.41) is 0. The van der Waals surface area contributed by atoms with E-state index in [0.717, 1.165) is 0 Å². The van der Waals surface area contributed by atoms with Crippen molar-refractivity contribution in [3.63, 3.8) is 0 Å². The standard InChI is InChI=1S/C15H19N3O4S/c1-11-10-22-9-8-18(11)14(19)6-7-16-15-12-4-2-3-5-13(12)23(20,21)17-15/h2-5,11H,6-10H2,1H3,(H,16,17). The molecule has 3 rings (SSSR count). The molecule has 0 spiro atoms. The second-order valence-electron chi connectivity index (χ2n) is 5.59. The lowest BCUT2D eigenvalue weighted by atomic mass is 10.2. The molecule has 2 aliphatic rings. The number of morpholine rings is 1. The van der Waals surface area contributed by atoms with Crippen molar-refractivity contribution >= 4 is 21.8 Å². The number of ether oxygens (including phenoxy) is 1. The number of nitrogens with zero attached hydrogens (tertiary/aromatic N) is 2. The Labute approximate surface area is 135 Å². The number of hydrogen-bond acceptors (Lipinski definition) is 5. The molecule has 7 nitrogen and oxygen atoms in total. The summed E-state index contributed by atoms with van der Waals surface area (Å²) in [4.78, 5) is 18.5. The highest BCUT2D eigenvalue weighted by Crippen LogP contribution is 2.22. The van der Waals surface area contributed by atoms with Crippen LogP contribution in [0.25, 0.3) is 0 Å². The van der Waals surface area contributed by atoms with Gasteiger partial charge >= 0.3 is 0 Å². The van der Waals surface area contributed by atoms with Crippen molar-refractivity contribution in [3.05, 3.63) is 29.8 Å². The minimum Gasteiger partial charge on any atom is -0.377 e. The lowest BCUT2D eigenvalue weighted by Crippen LogP contribution is -2.47. The van der Waals surface area contributed by atoms with E-state index in [1.54, 1.807) is 29.2 Å². The van der Waals surface area contributed by atoms with Crippen molar-refractivity contribution < 1.29 is 17.9 Å². The molecule has 2 heterocycles. The molecule has 124 valence electrons. The molecule has 23 heavy (non-hydrogen) atoms. The van der Waals surface area contributed by atoms with Crippen molar-refractivity contribution in [3.8, 4) is 0 Å². The average Bonchev–Trinajstić information content (AvgIpc) is 2.79. The van der Waals surface area contributed by atoms with E-state index >= 15 is 0 Å². The number of carbonyl (C=O) groups excluding carboxylic acids is 1. The van der Waals surface area contributed by atoms with Crippen LogP contribution in [0.4, 0.5) is 0 Å². The van der Waals surface area contributed by atoms with Crippen molar-refractivity contribution in [1.82, 2.24) is 9.62 Å². The second-order valence-corrected chi connectivity index (χ2v) is 7.24. The van der Waals surface area contributed by atoms with Crippen LogP contribution in [0.15, 0.2) is 34.2 Å². The van der Waals surface area contributed by atoms with E-state index in [-0.39, 0.29) is 29.8 Å². The van der Waals surface area contributed by atoms with Gasteiger partial charge in [0.25, 0.3) is 10.0 Å². The van der Waals surface area contributed by atoms with E-state index in [9.17, 15) is 13.2 Å². The molecule has 0 aliphatic carbocycles. The molecule has 1 saturated heterocycles. The van der Waals surface area contributed by atoms with Crippen LogP contribution in [0.1, 0.15) is 18.9 Å². The SMILES string of the molecule is CC1COCCN1C(=O)CCN=C1NS(=O)(=O)c2ccccc21. The molecule has 1 aromatic carbocycles. The summed E-state index contributed by atoms with van der Waals surface area (Å²) in [6, 6.07) is 6.75. The lowest BCUT2D eigenvalue weighted by Gasteiger charge is -2.33. The summed E-state index contributed by atoms with van der Waals surface area (Å²) in [5.41, 5.74) is 0.555. The Kier molecular flexibility index (Phi) is 4.36. The molecule has 0 bridgehead atoms. The first-order valence-corrected chi connectivity index (χ1v) is 9.01. The van der Waals surface area contributed by atoms with Gasteiger partial charge in [0.1, 0.15) is 5.84 Å². The van der Waals surface area contributed by atoms with Crippen LogP contribution < -0.4 is 4.72 Å². The summed E-state index contributed by atoms with van der Waals surface area (Å²) >= 11 is 0. The van der Waals surface area contributed by atoms with Crippen molar-refractivity contribution in [2.75, 3.05) is 26.3 Å².